The minimum Gasteiger partial charge on any atom is -0.308 e. The Balaban J connectivity index is 1.54. The normalized spacial score (nSPS) is 14.4. The minimum absolute atomic E-state index is 0.789. The van der Waals surface area contributed by atoms with Crippen molar-refractivity contribution < 1.29 is 0 Å². The molecule has 4 nitrogen and oxygen atoms in total. The van der Waals surface area contributed by atoms with E-state index in [1.54, 1.807) is 0 Å². The molecule has 0 aliphatic carbocycles. The highest BCUT2D eigenvalue weighted by molar-refractivity contribution is 5.76. The van der Waals surface area contributed by atoms with Gasteiger partial charge in [0.25, 0.3) is 0 Å². The van der Waals surface area contributed by atoms with Crippen LogP contribution in [0.3, 0.4) is 0 Å². The first-order chi connectivity index (χ1) is 13.6. The zero-order valence-electron chi connectivity index (χ0n) is 17.1. The smallest absolute Gasteiger partial charge is 0.160 e. The summed E-state index contributed by atoms with van der Waals surface area (Å²) in [5.41, 5.74) is 6.58. The molecular formula is C24H28N4. The molecule has 0 N–H and O–H groups in total. The van der Waals surface area contributed by atoms with Crippen LogP contribution >= 0.6 is 0 Å². The Kier molecular flexibility index (Phi) is 5.45. The molecule has 1 aromatic carbocycles. The van der Waals surface area contributed by atoms with Crippen molar-refractivity contribution in [3.8, 4) is 11.8 Å². The van der Waals surface area contributed by atoms with Crippen molar-refractivity contribution >= 4 is 11.2 Å². The van der Waals surface area contributed by atoms with Crippen molar-refractivity contribution in [3.05, 3.63) is 58.5 Å². The first-order valence-corrected chi connectivity index (χ1v) is 10.3. The number of likely N-dealkylation sites (tertiary alicyclic amines) is 1. The fraction of sp³-hybridized carbons (Fsp3) is 0.417. The van der Waals surface area contributed by atoms with Gasteiger partial charge in [0.15, 0.2) is 5.65 Å². The summed E-state index contributed by atoms with van der Waals surface area (Å²) in [7, 11) is 0. The van der Waals surface area contributed by atoms with Gasteiger partial charge in [-0.3, -0.25) is 4.90 Å². The van der Waals surface area contributed by atoms with Crippen LogP contribution in [-0.4, -0.2) is 39.1 Å². The van der Waals surface area contributed by atoms with E-state index in [0.29, 0.717) is 0 Å². The van der Waals surface area contributed by atoms with Crippen molar-refractivity contribution in [2.45, 2.75) is 46.6 Å². The van der Waals surface area contributed by atoms with Gasteiger partial charge in [0, 0.05) is 17.7 Å². The zero-order chi connectivity index (χ0) is 19.5. The van der Waals surface area contributed by atoms with E-state index in [-0.39, 0.29) is 0 Å². The third-order valence-electron chi connectivity index (χ3n) is 5.45. The van der Waals surface area contributed by atoms with E-state index in [1.807, 2.05) is 6.92 Å². The molecule has 3 aromatic rings. The molecular weight excluding hydrogens is 344 g/mol. The van der Waals surface area contributed by atoms with Gasteiger partial charge in [-0.1, -0.05) is 30.9 Å². The molecule has 3 heterocycles. The highest BCUT2D eigenvalue weighted by atomic mass is 15.1. The van der Waals surface area contributed by atoms with Gasteiger partial charge in [0.2, 0.25) is 0 Å². The van der Waals surface area contributed by atoms with Crippen molar-refractivity contribution in [1.29, 1.82) is 0 Å². The molecule has 0 spiro atoms. The maximum Gasteiger partial charge on any atom is 0.160 e. The summed E-state index contributed by atoms with van der Waals surface area (Å²) in [5.74, 6) is 7.70. The summed E-state index contributed by atoms with van der Waals surface area (Å²) in [6.07, 6.45) is 3.52. The number of rotatable bonds is 4. The molecule has 0 unspecified atom stereocenters. The molecule has 4 rings (SSSR count). The molecule has 144 valence electrons. The molecule has 1 fully saturated rings. The molecule has 0 amide bonds. The number of hydrogen-bond acceptors (Lipinski definition) is 3. The molecule has 4 heteroatoms. The van der Waals surface area contributed by atoms with Gasteiger partial charge in [-0.25, -0.2) is 9.97 Å². The van der Waals surface area contributed by atoms with Crippen LogP contribution in [0.2, 0.25) is 0 Å². The van der Waals surface area contributed by atoms with E-state index in [2.05, 4.69) is 65.5 Å². The number of nitrogens with zero attached hydrogens (tertiary/aromatic N) is 4. The third kappa shape index (κ3) is 3.95. The number of imidazole rings is 1. The molecule has 2 aromatic heterocycles. The highest BCUT2D eigenvalue weighted by Crippen LogP contribution is 2.21. The van der Waals surface area contributed by atoms with Gasteiger partial charge >= 0.3 is 0 Å². The summed E-state index contributed by atoms with van der Waals surface area (Å²) in [6.45, 7) is 10.4. The number of fused-ring (bicyclic) bond motifs is 1. The first kappa shape index (κ1) is 18.7. The lowest BCUT2D eigenvalue weighted by Gasteiger charge is -2.09. The maximum atomic E-state index is 4.84. The van der Waals surface area contributed by atoms with Crippen molar-refractivity contribution in [2.75, 3.05) is 19.6 Å². The van der Waals surface area contributed by atoms with Crippen LogP contribution in [0, 0.1) is 25.7 Å². The predicted octanol–water partition coefficient (Wildman–Crippen LogP) is 4.11. The fourth-order valence-electron chi connectivity index (χ4n) is 3.95. The number of aromatic nitrogens is 3. The summed E-state index contributed by atoms with van der Waals surface area (Å²) in [4.78, 5) is 12.0. The largest absolute Gasteiger partial charge is 0.308 e. The van der Waals surface area contributed by atoms with Crippen LogP contribution in [0.15, 0.2) is 30.3 Å². The lowest BCUT2D eigenvalue weighted by molar-refractivity contribution is 0.383. The quantitative estimate of drug-likeness (QED) is 0.647. The second-order valence-corrected chi connectivity index (χ2v) is 7.70. The van der Waals surface area contributed by atoms with Gasteiger partial charge in [0.1, 0.15) is 11.3 Å². The average Bonchev–Trinajstić information content (AvgIpc) is 3.32. The standard InChI is InChI=1S/C24H28N4/c1-4-22-26-23-18(2)16-19(3)25-24(23)28(22)17-21-11-9-20(10-12-21)8-7-15-27-13-5-6-14-27/h9-12,16H,4-6,13-15,17H2,1-3H3. The monoisotopic (exact) mass is 372 g/mol. The van der Waals surface area contributed by atoms with Gasteiger partial charge < -0.3 is 4.57 Å². The molecule has 1 saturated heterocycles. The summed E-state index contributed by atoms with van der Waals surface area (Å²) < 4.78 is 2.25. The van der Waals surface area contributed by atoms with Gasteiger partial charge in [-0.2, -0.15) is 0 Å². The number of pyridine rings is 1. The van der Waals surface area contributed by atoms with E-state index in [9.17, 15) is 0 Å². The van der Waals surface area contributed by atoms with Crippen LogP contribution in [0.1, 0.15) is 48.0 Å². The number of aryl methyl sites for hydroxylation is 3. The van der Waals surface area contributed by atoms with Crippen molar-refractivity contribution in [2.24, 2.45) is 0 Å². The third-order valence-corrected chi connectivity index (χ3v) is 5.45. The van der Waals surface area contributed by atoms with Gasteiger partial charge in [-0.15, -0.1) is 0 Å². The van der Waals surface area contributed by atoms with Crippen LogP contribution in [0.5, 0.6) is 0 Å². The lowest BCUT2D eigenvalue weighted by atomic mass is 10.1. The summed E-state index contributed by atoms with van der Waals surface area (Å²) >= 11 is 0. The Morgan fingerprint density at radius 2 is 1.79 bits per heavy atom. The minimum atomic E-state index is 0.789. The number of benzene rings is 1. The summed E-state index contributed by atoms with van der Waals surface area (Å²) in [5, 5.41) is 0. The van der Waals surface area contributed by atoms with Gasteiger partial charge in [-0.05, 0) is 69.1 Å². The molecule has 1 aliphatic rings. The fourth-order valence-corrected chi connectivity index (χ4v) is 3.95. The van der Waals surface area contributed by atoms with Crippen LogP contribution in [-0.2, 0) is 13.0 Å². The number of hydrogen-bond donors (Lipinski definition) is 0. The molecule has 1 aliphatic heterocycles. The second-order valence-electron chi connectivity index (χ2n) is 7.70. The Morgan fingerprint density at radius 3 is 2.50 bits per heavy atom. The Morgan fingerprint density at radius 1 is 1.04 bits per heavy atom. The molecule has 0 atom stereocenters. The van der Waals surface area contributed by atoms with Crippen LogP contribution < -0.4 is 0 Å². The summed E-state index contributed by atoms with van der Waals surface area (Å²) in [6, 6.07) is 10.7. The van der Waals surface area contributed by atoms with Crippen molar-refractivity contribution in [3.63, 3.8) is 0 Å². The van der Waals surface area contributed by atoms with E-state index >= 15 is 0 Å². The van der Waals surface area contributed by atoms with Gasteiger partial charge in [0.05, 0.1) is 13.1 Å². The first-order valence-electron chi connectivity index (χ1n) is 10.3. The van der Waals surface area contributed by atoms with E-state index < -0.39 is 0 Å². The van der Waals surface area contributed by atoms with E-state index in [4.69, 9.17) is 9.97 Å². The highest BCUT2D eigenvalue weighted by Gasteiger charge is 2.13. The SMILES string of the molecule is CCc1nc2c(C)cc(C)nc2n1Cc1ccc(C#CCN2CCCC2)cc1. The van der Waals surface area contributed by atoms with Crippen LogP contribution in [0.4, 0.5) is 0 Å². The predicted molar refractivity (Wildman–Crippen MR) is 114 cm³/mol. The molecule has 0 bridgehead atoms. The molecule has 28 heavy (non-hydrogen) atoms. The average molecular weight is 373 g/mol. The lowest BCUT2D eigenvalue weighted by Crippen LogP contribution is -2.18. The second kappa shape index (κ2) is 8.16. The Labute approximate surface area is 167 Å². The topological polar surface area (TPSA) is 34.0 Å². The maximum absolute atomic E-state index is 4.84. The van der Waals surface area contributed by atoms with Crippen molar-refractivity contribution in [1.82, 2.24) is 19.4 Å². The Bertz CT molecular complexity index is 1030. The van der Waals surface area contributed by atoms with Crippen LogP contribution in [0.25, 0.3) is 11.2 Å². The molecule has 0 saturated carbocycles. The van der Waals surface area contributed by atoms with E-state index in [0.717, 1.165) is 47.8 Å². The van der Waals surface area contributed by atoms with E-state index in [1.165, 1.54) is 37.1 Å². The zero-order valence-corrected chi connectivity index (χ0v) is 17.1. The molecule has 0 radical (unpaired) electrons. The Hall–Kier alpha value is -2.64.